The van der Waals surface area contributed by atoms with Crippen LogP contribution in [0.2, 0.25) is 0 Å². The molecule has 1 aliphatic rings. The van der Waals surface area contributed by atoms with Crippen molar-refractivity contribution in [3.8, 4) is 11.5 Å². The van der Waals surface area contributed by atoms with Crippen molar-refractivity contribution in [1.29, 1.82) is 0 Å². The fourth-order valence-electron chi connectivity index (χ4n) is 2.44. The molecule has 116 valence electrons. The zero-order valence-corrected chi connectivity index (χ0v) is 12.7. The van der Waals surface area contributed by atoms with E-state index in [9.17, 15) is 15.0 Å². The normalized spacial score (nSPS) is 18.3. The Kier molecular flexibility index (Phi) is 5.04. The van der Waals surface area contributed by atoms with Crippen molar-refractivity contribution in [2.75, 3.05) is 0 Å². The summed E-state index contributed by atoms with van der Waals surface area (Å²) in [5.41, 5.74) is 1.11. The molecule has 0 saturated heterocycles. The van der Waals surface area contributed by atoms with Crippen LogP contribution in [0.15, 0.2) is 42.5 Å². The first kappa shape index (κ1) is 15.9. The summed E-state index contributed by atoms with van der Waals surface area (Å²) >= 11 is 0. The number of hydrogen-bond acceptors (Lipinski definition) is 4. The molecule has 0 radical (unpaired) electrons. The Morgan fingerprint density at radius 1 is 1.27 bits per heavy atom. The molecule has 1 heterocycles. The summed E-state index contributed by atoms with van der Waals surface area (Å²) in [5.74, 6) is -0.746. The number of allylic oxidation sites excluding steroid dienone is 5. The molecule has 0 bridgehead atoms. The number of carbonyl (C=O) groups is 1. The first-order valence-corrected chi connectivity index (χ1v) is 7.26. The Morgan fingerprint density at radius 3 is 2.73 bits per heavy atom. The van der Waals surface area contributed by atoms with E-state index in [1.807, 2.05) is 38.2 Å². The van der Waals surface area contributed by atoms with Gasteiger partial charge in [0.25, 0.3) is 0 Å². The third-order valence-corrected chi connectivity index (χ3v) is 3.53. The van der Waals surface area contributed by atoms with E-state index < -0.39 is 12.1 Å². The predicted molar refractivity (Wildman–Crippen MR) is 85.2 cm³/mol. The summed E-state index contributed by atoms with van der Waals surface area (Å²) in [4.78, 5) is 12.2. The molecule has 0 spiro atoms. The lowest BCUT2D eigenvalue weighted by molar-refractivity contribution is 0.0353. The number of fused-ring (bicyclic) bond motifs is 1. The molecule has 1 aliphatic heterocycles. The maximum atomic E-state index is 12.2. The van der Waals surface area contributed by atoms with E-state index in [0.29, 0.717) is 24.0 Å². The van der Waals surface area contributed by atoms with Crippen LogP contribution in [0.1, 0.15) is 35.3 Å². The Morgan fingerprint density at radius 2 is 2.05 bits per heavy atom. The zero-order valence-electron chi connectivity index (χ0n) is 12.7. The quantitative estimate of drug-likeness (QED) is 0.508. The van der Waals surface area contributed by atoms with Gasteiger partial charge in [0.15, 0.2) is 0 Å². The smallest absolute Gasteiger partial charge is 0.342 e. The molecule has 2 N–H and O–H groups in total. The number of rotatable bonds is 4. The lowest BCUT2D eigenvalue weighted by atomic mass is 9.93. The van der Waals surface area contributed by atoms with Crippen LogP contribution in [0.4, 0.5) is 0 Å². The topological polar surface area (TPSA) is 66.8 Å². The maximum Gasteiger partial charge on any atom is 0.342 e. The van der Waals surface area contributed by atoms with Gasteiger partial charge in [-0.1, -0.05) is 30.4 Å². The van der Waals surface area contributed by atoms with Gasteiger partial charge in [-0.15, -0.1) is 0 Å². The van der Waals surface area contributed by atoms with Gasteiger partial charge in [-0.2, -0.15) is 0 Å². The number of phenolic OH excluding ortho intramolecular Hbond substituents is 2. The van der Waals surface area contributed by atoms with E-state index in [1.54, 1.807) is 18.2 Å². The number of phenols is 2. The molecule has 4 nitrogen and oxygen atoms in total. The van der Waals surface area contributed by atoms with Gasteiger partial charge >= 0.3 is 5.97 Å². The largest absolute Gasteiger partial charge is 0.508 e. The van der Waals surface area contributed by atoms with Crippen molar-refractivity contribution < 1.29 is 19.7 Å². The van der Waals surface area contributed by atoms with E-state index >= 15 is 0 Å². The molecule has 1 atom stereocenters. The van der Waals surface area contributed by atoms with Crippen LogP contribution < -0.4 is 0 Å². The fourth-order valence-corrected chi connectivity index (χ4v) is 2.44. The second kappa shape index (κ2) is 6.98. The Labute approximate surface area is 130 Å². The predicted octanol–water partition coefficient (Wildman–Crippen LogP) is 3.43. The van der Waals surface area contributed by atoms with E-state index in [0.717, 1.165) is 0 Å². The summed E-state index contributed by atoms with van der Waals surface area (Å²) < 4.78 is 5.32. The number of cyclic esters (lactones) is 1. The molecule has 0 aliphatic carbocycles. The fraction of sp³-hybridized carbons (Fsp3) is 0.278. The summed E-state index contributed by atoms with van der Waals surface area (Å²) in [6, 6.07) is 1.55. The van der Waals surface area contributed by atoms with Gasteiger partial charge < -0.3 is 14.9 Å². The van der Waals surface area contributed by atoms with Crippen LogP contribution in [-0.4, -0.2) is 22.3 Å². The van der Waals surface area contributed by atoms with E-state index in [-0.39, 0.29) is 17.1 Å². The lowest BCUT2D eigenvalue weighted by Gasteiger charge is -2.24. The lowest BCUT2D eigenvalue weighted by Crippen LogP contribution is -2.26. The molecule has 0 fully saturated rings. The average Bonchev–Trinajstić information content (AvgIpc) is 2.46. The van der Waals surface area contributed by atoms with Crippen LogP contribution >= 0.6 is 0 Å². The number of benzene rings is 1. The number of hydrogen-bond donors (Lipinski definition) is 2. The highest BCUT2D eigenvalue weighted by Gasteiger charge is 2.30. The Balaban J connectivity index is 2.38. The summed E-state index contributed by atoms with van der Waals surface area (Å²) in [6.07, 6.45) is 11.3. The van der Waals surface area contributed by atoms with Gasteiger partial charge in [0.05, 0.1) is 0 Å². The molecular formula is C18H20O4. The minimum Gasteiger partial charge on any atom is -0.508 e. The van der Waals surface area contributed by atoms with Crippen molar-refractivity contribution in [1.82, 2.24) is 0 Å². The maximum absolute atomic E-state index is 12.2. The van der Waals surface area contributed by atoms with Gasteiger partial charge in [-0.3, -0.25) is 0 Å². The van der Waals surface area contributed by atoms with Gasteiger partial charge in [0.2, 0.25) is 0 Å². The van der Waals surface area contributed by atoms with Crippen molar-refractivity contribution in [2.24, 2.45) is 0 Å². The van der Waals surface area contributed by atoms with Crippen molar-refractivity contribution in [2.45, 2.75) is 32.8 Å². The van der Waals surface area contributed by atoms with Crippen LogP contribution in [0.5, 0.6) is 11.5 Å². The van der Waals surface area contributed by atoms with Crippen molar-refractivity contribution >= 4 is 5.97 Å². The first-order chi connectivity index (χ1) is 10.6. The molecule has 4 heteroatoms. The van der Waals surface area contributed by atoms with E-state index in [2.05, 4.69) is 0 Å². The van der Waals surface area contributed by atoms with Gasteiger partial charge in [0.1, 0.15) is 23.2 Å². The van der Waals surface area contributed by atoms with Crippen LogP contribution in [0.3, 0.4) is 0 Å². The average molecular weight is 300 g/mol. The van der Waals surface area contributed by atoms with Gasteiger partial charge in [0, 0.05) is 12.0 Å². The third-order valence-electron chi connectivity index (χ3n) is 3.53. The van der Waals surface area contributed by atoms with Crippen molar-refractivity contribution in [3.63, 3.8) is 0 Å². The molecular weight excluding hydrogens is 280 g/mol. The zero-order chi connectivity index (χ0) is 16.1. The summed E-state index contributed by atoms with van der Waals surface area (Å²) in [7, 11) is 0. The summed E-state index contributed by atoms with van der Waals surface area (Å²) in [5, 5.41) is 20.4. The van der Waals surface area contributed by atoms with E-state index in [4.69, 9.17) is 4.74 Å². The highest BCUT2D eigenvalue weighted by atomic mass is 16.5. The second-order valence-electron chi connectivity index (χ2n) is 5.09. The monoisotopic (exact) mass is 300 g/mol. The Bertz CT molecular complexity index is 654. The minimum absolute atomic E-state index is 0.000216. The molecule has 22 heavy (non-hydrogen) atoms. The van der Waals surface area contributed by atoms with Gasteiger partial charge in [-0.25, -0.2) is 4.79 Å². The third kappa shape index (κ3) is 3.22. The molecule has 0 saturated carbocycles. The SMILES string of the molecule is CC=CC=CC1Cc2cc(O)c(CC=CC)c(O)c2C(=O)O1. The number of esters is 1. The molecule has 0 aromatic heterocycles. The molecule has 1 aromatic rings. The highest BCUT2D eigenvalue weighted by Crippen LogP contribution is 2.37. The minimum atomic E-state index is -0.560. The second-order valence-corrected chi connectivity index (χ2v) is 5.09. The number of carbonyl (C=O) groups excluding carboxylic acids is 1. The van der Waals surface area contributed by atoms with Gasteiger partial charge in [-0.05, 0) is 38.0 Å². The van der Waals surface area contributed by atoms with E-state index in [1.165, 1.54) is 0 Å². The standard InChI is InChI=1S/C18H20O4/c1-3-5-7-8-13-10-12-11-15(19)14(9-6-4-2)17(20)16(12)18(21)22-13/h3-8,11,13,19-20H,9-10H2,1-2H3. The molecule has 1 unspecified atom stereocenters. The molecule has 1 aromatic carbocycles. The van der Waals surface area contributed by atoms with Crippen molar-refractivity contribution in [3.05, 3.63) is 59.2 Å². The first-order valence-electron chi connectivity index (χ1n) is 7.26. The van der Waals surface area contributed by atoms with Crippen LogP contribution in [0.25, 0.3) is 0 Å². The number of ether oxygens (including phenoxy) is 1. The van der Waals surface area contributed by atoms with Crippen LogP contribution in [-0.2, 0) is 17.6 Å². The van der Waals surface area contributed by atoms with Crippen LogP contribution in [0, 0.1) is 0 Å². The molecule has 2 rings (SSSR count). The Hall–Kier alpha value is -2.49. The number of aromatic hydroxyl groups is 2. The summed E-state index contributed by atoms with van der Waals surface area (Å²) in [6.45, 7) is 3.75. The highest BCUT2D eigenvalue weighted by molar-refractivity contribution is 5.96. The molecule has 0 amide bonds.